The van der Waals surface area contributed by atoms with Gasteiger partial charge in [0.1, 0.15) is 5.58 Å². The molecule has 5 rings (SSSR count). The van der Waals surface area contributed by atoms with E-state index in [0.29, 0.717) is 56.9 Å². The van der Waals surface area contributed by atoms with Gasteiger partial charge in [-0.15, -0.1) is 0 Å². The van der Waals surface area contributed by atoms with E-state index in [1.807, 2.05) is 13.0 Å². The van der Waals surface area contributed by atoms with Gasteiger partial charge in [-0.05, 0) is 56.2 Å². The number of anilines is 1. The van der Waals surface area contributed by atoms with Crippen LogP contribution >= 0.6 is 27.3 Å². The minimum absolute atomic E-state index is 0.0418. The summed E-state index contributed by atoms with van der Waals surface area (Å²) in [5.74, 6) is 0.430. The molecule has 0 fully saturated rings. The second kappa shape index (κ2) is 11.5. The Bertz CT molecular complexity index is 1680. The molecule has 8 nitrogen and oxygen atoms in total. The molecule has 0 aliphatic carbocycles. The lowest BCUT2D eigenvalue weighted by atomic mass is 9.98. The number of halogens is 1. The fourth-order valence-electron chi connectivity index (χ4n) is 4.89. The van der Waals surface area contributed by atoms with Gasteiger partial charge in [-0.3, -0.25) is 19.3 Å². The Labute approximate surface area is 244 Å². The molecule has 1 aliphatic rings. The van der Waals surface area contributed by atoms with E-state index in [9.17, 15) is 14.4 Å². The molecule has 2 aromatic carbocycles. The number of rotatable bonds is 10. The second-order valence-electron chi connectivity index (χ2n) is 9.55. The van der Waals surface area contributed by atoms with E-state index in [2.05, 4.69) is 27.8 Å². The van der Waals surface area contributed by atoms with Crippen LogP contribution in [0.2, 0.25) is 0 Å². The topological polar surface area (TPSA) is 98.9 Å². The lowest BCUT2D eigenvalue weighted by molar-refractivity contribution is 0.0969. The van der Waals surface area contributed by atoms with Gasteiger partial charge in [-0.2, -0.15) is 0 Å². The number of aromatic nitrogens is 1. The van der Waals surface area contributed by atoms with Crippen molar-refractivity contribution >= 4 is 55.1 Å². The number of carbonyl (C=O) groups excluding carboxylic acids is 2. The Morgan fingerprint density at radius 3 is 2.60 bits per heavy atom. The third-order valence-corrected chi connectivity index (χ3v) is 8.48. The van der Waals surface area contributed by atoms with Crippen LogP contribution in [0.1, 0.15) is 83.1 Å². The Morgan fingerprint density at radius 1 is 1.10 bits per heavy atom. The highest BCUT2D eigenvalue weighted by atomic mass is 79.9. The number of ether oxygens (including phenoxy) is 2. The molecular formula is C30H29BrN2O6S. The number of unbranched alkanes of at least 4 members (excludes halogenated alkanes) is 2. The lowest BCUT2D eigenvalue weighted by Gasteiger charge is -2.23. The maximum atomic E-state index is 14.0. The fourth-order valence-corrected chi connectivity index (χ4v) is 6.24. The van der Waals surface area contributed by atoms with Crippen LogP contribution in [0.3, 0.4) is 0 Å². The van der Waals surface area contributed by atoms with Crippen molar-refractivity contribution in [2.24, 2.45) is 0 Å². The van der Waals surface area contributed by atoms with Crippen LogP contribution in [0.5, 0.6) is 11.5 Å². The third kappa shape index (κ3) is 5.06. The highest BCUT2D eigenvalue weighted by Crippen LogP contribution is 2.45. The summed E-state index contributed by atoms with van der Waals surface area (Å²) >= 11 is 4.55. The number of aryl methyl sites for hydroxylation is 1. The molecule has 1 unspecified atom stereocenters. The number of ketones is 1. The lowest BCUT2D eigenvalue weighted by Crippen LogP contribution is -2.29. The van der Waals surface area contributed by atoms with E-state index in [0.717, 1.165) is 35.1 Å². The van der Waals surface area contributed by atoms with Gasteiger partial charge in [0.25, 0.3) is 5.91 Å². The number of amides is 1. The Morgan fingerprint density at radius 2 is 1.90 bits per heavy atom. The molecule has 0 N–H and O–H groups in total. The SMILES string of the molecule is CCCCCOc1ccc(C2c3c(oc4ccc(Br)cc4c3=O)C(=O)N2c2nc(C)c(C(C)=O)s2)cc1OCC. The number of hydrogen-bond acceptors (Lipinski definition) is 8. The first-order chi connectivity index (χ1) is 19.2. The largest absolute Gasteiger partial charge is 0.490 e. The molecule has 1 atom stereocenters. The van der Waals surface area contributed by atoms with E-state index >= 15 is 0 Å². The van der Waals surface area contributed by atoms with Gasteiger partial charge < -0.3 is 13.9 Å². The summed E-state index contributed by atoms with van der Waals surface area (Å²) in [6.07, 6.45) is 3.07. The van der Waals surface area contributed by atoms with Crippen LogP contribution in [0.4, 0.5) is 5.13 Å². The molecule has 0 saturated heterocycles. The van der Waals surface area contributed by atoms with Crippen molar-refractivity contribution in [1.29, 1.82) is 0 Å². The zero-order valence-corrected chi connectivity index (χ0v) is 25.1. The minimum atomic E-state index is -0.846. The summed E-state index contributed by atoms with van der Waals surface area (Å²) in [6, 6.07) is 9.69. The van der Waals surface area contributed by atoms with Gasteiger partial charge in [-0.25, -0.2) is 4.98 Å². The zero-order valence-electron chi connectivity index (χ0n) is 22.7. The van der Waals surface area contributed by atoms with Crippen LogP contribution in [0.15, 0.2) is 50.1 Å². The number of hydrogen-bond donors (Lipinski definition) is 0. The van der Waals surface area contributed by atoms with E-state index in [1.165, 1.54) is 11.8 Å². The molecule has 40 heavy (non-hydrogen) atoms. The standard InChI is InChI=1S/C30H29BrN2O6S/c1-5-7-8-13-38-22-11-9-18(14-23(22)37-6-2)25-24-26(35)20-15-19(31)10-12-21(20)39-27(24)29(36)33(25)30-32-16(3)28(40-30)17(4)34/h9-12,14-15,25H,5-8,13H2,1-4H3. The highest BCUT2D eigenvalue weighted by Gasteiger charge is 2.45. The number of benzene rings is 2. The Balaban J connectivity index is 1.70. The first kappa shape index (κ1) is 28.0. The molecule has 4 aromatic rings. The van der Waals surface area contributed by atoms with Gasteiger partial charge in [0.2, 0.25) is 5.76 Å². The smallest absolute Gasteiger partial charge is 0.297 e. The summed E-state index contributed by atoms with van der Waals surface area (Å²) in [5.41, 5.74) is 1.37. The van der Waals surface area contributed by atoms with Crippen molar-refractivity contribution in [3.05, 3.63) is 78.6 Å². The molecule has 0 spiro atoms. The number of thiazole rings is 1. The molecule has 0 saturated carbocycles. The van der Waals surface area contributed by atoms with E-state index in [4.69, 9.17) is 13.9 Å². The molecule has 0 bridgehead atoms. The summed E-state index contributed by atoms with van der Waals surface area (Å²) in [7, 11) is 0. The first-order valence-corrected chi connectivity index (χ1v) is 14.8. The van der Waals surface area contributed by atoms with Gasteiger partial charge in [0, 0.05) is 11.4 Å². The van der Waals surface area contributed by atoms with Crippen LogP contribution in [0.25, 0.3) is 11.0 Å². The van der Waals surface area contributed by atoms with Crippen LogP contribution in [0, 0.1) is 6.92 Å². The van der Waals surface area contributed by atoms with E-state index in [1.54, 1.807) is 37.3 Å². The molecule has 2 aromatic heterocycles. The van der Waals surface area contributed by atoms with E-state index in [-0.39, 0.29) is 22.5 Å². The zero-order chi connectivity index (χ0) is 28.6. The molecule has 208 valence electrons. The summed E-state index contributed by atoms with van der Waals surface area (Å²) in [4.78, 5) is 46.6. The fraction of sp³-hybridized carbons (Fsp3) is 0.333. The van der Waals surface area contributed by atoms with Crippen molar-refractivity contribution < 1.29 is 23.5 Å². The van der Waals surface area contributed by atoms with Gasteiger partial charge in [0.15, 0.2) is 27.8 Å². The number of fused-ring (bicyclic) bond motifs is 2. The Kier molecular flexibility index (Phi) is 8.09. The van der Waals surface area contributed by atoms with Gasteiger partial charge in [-0.1, -0.05) is 53.1 Å². The quantitative estimate of drug-likeness (QED) is 0.135. The summed E-state index contributed by atoms with van der Waals surface area (Å²) in [5, 5.41) is 0.667. The molecular weight excluding hydrogens is 596 g/mol. The van der Waals surface area contributed by atoms with Gasteiger partial charge >= 0.3 is 0 Å². The number of carbonyl (C=O) groups is 2. The van der Waals surface area contributed by atoms with E-state index < -0.39 is 11.9 Å². The minimum Gasteiger partial charge on any atom is -0.490 e. The Hall–Kier alpha value is -3.50. The van der Waals surface area contributed by atoms with Crippen LogP contribution in [-0.4, -0.2) is 29.9 Å². The average molecular weight is 626 g/mol. The van der Waals surface area contributed by atoms with Crippen molar-refractivity contribution in [3.63, 3.8) is 0 Å². The van der Waals surface area contributed by atoms with Crippen molar-refractivity contribution in [2.45, 2.75) is 53.0 Å². The second-order valence-corrected chi connectivity index (χ2v) is 11.4. The predicted molar refractivity (Wildman–Crippen MR) is 158 cm³/mol. The highest BCUT2D eigenvalue weighted by molar-refractivity contribution is 9.10. The van der Waals surface area contributed by atoms with Gasteiger partial charge in [0.05, 0.1) is 40.8 Å². The first-order valence-electron chi connectivity index (χ1n) is 13.2. The molecule has 1 amide bonds. The predicted octanol–water partition coefficient (Wildman–Crippen LogP) is 7.24. The maximum Gasteiger partial charge on any atom is 0.297 e. The molecule has 0 radical (unpaired) electrons. The number of Topliss-reactive ketones (excluding diaryl/α,β-unsaturated/α-hetero) is 1. The van der Waals surface area contributed by atoms with Crippen molar-refractivity contribution in [1.82, 2.24) is 4.98 Å². The monoisotopic (exact) mass is 624 g/mol. The molecule has 1 aliphatic heterocycles. The summed E-state index contributed by atoms with van der Waals surface area (Å²) in [6.45, 7) is 8.18. The number of nitrogens with zero attached hydrogens (tertiary/aromatic N) is 2. The summed E-state index contributed by atoms with van der Waals surface area (Å²) < 4.78 is 18.7. The molecule has 10 heteroatoms. The normalized spacial score (nSPS) is 14.6. The molecule has 3 heterocycles. The van der Waals surface area contributed by atoms with Crippen molar-refractivity contribution in [2.75, 3.05) is 18.1 Å². The average Bonchev–Trinajstić information content (AvgIpc) is 3.45. The maximum absolute atomic E-state index is 14.0. The van der Waals surface area contributed by atoms with Crippen molar-refractivity contribution in [3.8, 4) is 11.5 Å². The van der Waals surface area contributed by atoms with Crippen LogP contribution < -0.4 is 19.8 Å². The van der Waals surface area contributed by atoms with Crippen LogP contribution in [-0.2, 0) is 0 Å². The third-order valence-electron chi connectivity index (χ3n) is 6.73.